The van der Waals surface area contributed by atoms with Crippen molar-refractivity contribution in [1.29, 1.82) is 0 Å². The van der Waals surface area contributed by atoms with E-state index < -0.39 is 5.60 Å². The van der Waals surface area contributed by atoms with Crippen LogP contribution in [0.4, 0.5) is 11.8 Å². The SMILES string of the molecule is CCCC(C)(O)CNc1nc(NN)ncc1C. The number of hydrazine groups is 1. The predicted octanol–water partition coefficient (Wildman–Crippen LogP) is 1.03. The lowest BCUT2D eigenvalue weighted by Gasteiger charge is -2.23. The van der Waals surface area contributed by atoms with Crippen LogP contribution in [0.15, 0.2) is 6.20 Å². The Labute approximate surface area is 102 Å². The van der Waals surface area contributed by atoms with E-state index in [0.29, 0.717) is 18.3 Å². The van der Waals surface area contributed by atoms with Crippen LogP contribution in [0.2, 0.25) is 0 Å². The topological polar surface area (TPSA) is 96.1 Å². The molecular formula is C11H21N5O. The van der Waals surface area contributed by atoms with Gasteiger partial charge in [-0.05, 0) is 20.3 Å². The van der Waals surface area contributed by atoms with Crippen LogP contribution in [-0.4, -0.2) is 27.2 Å². The number of aromatic nitrogens is 2. The Bertz CT molecular complexity index is 367. The standard InChI is InChI=1S/C11H21N5O/c1-4-5-11(3,17)7-14-9-8(2)6-13-10(15-9)16-12/h6,17H,4-5,7,12H2,1-3H3,(H2,13,14,15,16). The van der Waals surface area contributed by atoms with Gasteiger partial charge in [0.2, 0.25) is 5.95 Å². The maximum Gasteiger partial charge on any atom is 0.239 e. The van der Waals surface area contributed by atoms with Gasteiger partial charge in [-0.2, -0.15) is 4.98 Å². The number of anilines is 2. The minimum Gasteiger partial charge on any atom is -0.388 e. The lowest BCUT2D eigenvalue weighted by molar-refractivity contribution is 0.0636. The van der Waals surface area contributed by atoms with Gasteiger partial charge in [0.1, 0.15) is 5.82 Å². The highest BCUT2D eigenvalue weighted by Gasteiger charge is 2.19. The number of hydrogen-bond acceptors (Lipinski definition) is 6. The highest BCUT2D eigenvalue weighted by Crippen LogP contribution is 2.16. The molecule has 0 aliphatic rings. The molecule has 17 heavy (non-hydrogen) atoms. The third-order valence-corrected chi connectivity index (χ3v) is 2.53. The van der Waals surface area contributed by atoms with Gasteiger partial charge < -0.3 is 10.4 Å². The van der Waals surface area contributed by atoms with E-state index in [4.69, 9.17) is 5.84 Å². The van der Waals surface area contributed by atoms with Crippen molar-refractivity contribution < 1.29 is 5.11 Å². The molecular weight excluding hydrogens is 218 g/mol. The zero-order chi connectivity index (χ0) is 12.9. The van der Waals surface area contributed by atoms with Crippen molar-refractivity contribution in [2.24, 2.45) is 5.84 Å². The molecule has 5 N–H and O–H groups in total. The number of nitrogens with two attached hydrogens (primary N) is 1. The van der Waals surface area contributed by atoms with Crippen LogP contribution in [0.1, 0.15) is 32.3 Å². The van der Waals surface area contributed by atoms with Crippen LogP contribution in [0.25, 0.3) is 0 Å². The van der Waals surface area contributed by atoms with Crippen molar-refractivity contribution in [1.82, 2.24) is 9.97 Å². The van der Waals surface area contributed by atoms with E-state index in [0.717, 1.165) is 18.4 Å². The minimum atomic E-state index is -0.734. The Hall–Kier alpha value is -1.40. The Morgan fingerprint density at radius 1 is 1.53 bits per heavy atom. The smallest absolute Gasteiger partial charge is 0.239 e. The lowest BCUT2D eigenvalue weighted by atomic mass is 10.0. The second-order valence-corrected chi connectivity index (χ2v) is 4.47. The van der Waals surface area contributed by atoms with Crippen LogP contribution in [0, 0.1) is 6.92 Å². The molecule has 1 aromatic heterocycles. The van der Waals surface area contributed by atoms with Gasteiger partial charge in [-0.15, -0.1) is 0 Å². The molecule has 0 saturated heterocycles. The van der Waals surface area contributed by atoms with Crippen molar-refractivity contribution in [3.05, 3.63) is 11.8 Å². The molecule has 0 bridgehead atoms. The summed E-state index contributed by atoms with van der Waals surface area (Å²) in [6, 6.07) is 0. The average Bonchev–Trinajstić information content (AvgIpc) is 2.28. The molecule has 0 radical (unpaired) electrons. The van der Waals surface area contributed by atoms with Crippen molar-refractivity contribution in [2.75, 3.05) is 17.3 Å². The molecule has 0 aromatic carbocycles. The first-order chi connectivity index (χ1) is 7.98. The first-order valence-corrected chi connectivity index (χ1v) is 5.75. The highest BCUT2D eigenvalue weighted by atomic mass is 16.3. The summed E-state index contributed by atoms with van der Waals surface area (Å²) in [7, 11) is 0. The van der Waals surface area contributed by atoms with Gasteiger partial charge >= 0.3 is 0 Å². The van der Waals surface area contributed by atoms with Gasteiger partial charge in [0.25, 0.3) is 0 Å². The van der Waals surface area contributed by atoms with E-state index in [-0.39, 0.29) is 0 Å². The molecule has 1 atom stereocenters. The summed E-state index contributed by atoms with van der Waals surface area (Å²) in [5, 5.41) is 13.2. The maximum absolute atomic E-state index is 10.0. The zero-order valence-corrected chi connectivity index (χ0v) is 10.6. The molecule has 1 unspecified atom stereocenters. The lowest BCUT2D eigenvalue weighted by Crippen LogP contribution is -2.33. The molecule has 1 rings (SSSR count). The number of hydrogen-bond donors (Lipinski definition) is 4. The summed E-state index contributed by atoms with van der Waals surface area (Å²) in [5.74, 6) is 6.29. The van der Waals surface area contributed by atoms with Gasteiger partial charge in [-0.25, -0.2) is 10.8 Å². The normalized spacial score (nSPS) is 14.2. The molecule has 1 heterocycles. The van der Waals surface area contributed by atoms with E-state index in [1.54, 1.807) is 6.20 Å². The number of nitrogens with zero attached hydrogens (tertiary/aromatic N) is 2. The fourth-order valence-electron chi connectivity index (χ4n) is 1.59. The van der Waals surface area contributed by atoms with Crippen molar-refractivity contribution in [2.45, 2.75) is 39.2 Å². The second-order valence-electron chi connectivity index (χ2n) is 4.47. The van der Waals surface area contributed by atoms with Crippen LogP contribution >= 0.6 is 0 Å². The number of aryl methyl sites for hydroxylation is 1. The summed E-state index contributed by atoms with van der Waals surface area (Å²) in [6.45, 7) is 6.20. The van der Waals surface area contributed by atoms with Crippen molar-refractivity contribution in [3.63, 3.8) is 0 Å². The molecule has 0 spiro atoms. The van der Waals surface area contributed by atoms with E-state index in [2.05, 4.69) is 20.7 Å². The minimum absolute atomic E-state index is 0.355. The molecule has 6 heteroatoms. The van der Waals surface area contributed by atoms with Crippen LogP contribution in [0.3, 0.4) is 0 Å². The Kier molecular flexibility index (Phi) is 4.65. The fourth-order valence-corrected chi connectivity index (χ4v) is 1.59. The zero-order valence-electron chi connectivity index (χ0n) is 10.6. The summed E-state index contributed by atoms with van der Waals surface area (Å²) in [4.78, 5) is 8.17. The largest absolute Gasteiger partial charge is 0.388 e. The Morgan fingerprint density at radius 2 is 2.24 bits per heavy atom. The third kappa shape index (κ3) is 4.16. The van der Waals surface area contributed by atoms with E-state index >= 15 is 0 Å². The summed E-state index contributed by atoms with van der Waals surface area (Å²) >= 11 is 0. The van der Waals surface area contributed by atoms with E-state index in [9.17, 15) is 5.11 Å². The van der Waals surface area contributed by atoms with Gasteiger partial charge in [0.15, 0.2) is 0 Å². The number of rotatable bonds is 6. The van der Waals surface area contributed by atoms with E-state index in [1.165, 1.54) is 0 Å². The number of aliphatic hydroxyl groups is 1. The fraction of sp³-hybridized carbons (Fsp3) is 0.636. The molecule has 0 fully saturated rings. The molecule has 0 aliphatic carbocycles. The van der Waals surface area contributed by atoms with Gasteiger partial charge in [0, 0.05) is 18.3 Å². The summed E-state index contributed by atoms with van der Waals surface area (Å²) in [5.41, 5.74) is 2.57. The summed E-state index contributed by atoms with van der Waals surface area (Å²) in [6.07, 6.45) is 3.36. The Morgan fingerprint density at radius 3 is 2.82 bits per heavy atom. The molecule has 6 nitrogen and oxygen atoms in total. The van der Waals surface area contributed by atoms with Gasteiger partial charge in [0.05, 0.1) is 5.60 Å². The predicted molar refractivity (Wildman–Crippen MR) is 68.6 cm³/mol. The van der Waals surface area contributed by atoms with E-state index in [1.807, 2.05) is 20.8 Å². The molecule has 0 amide bonds. The number of nitrogens with one attached hydrogen (secondary N) is 2. The number of nitrogen functional groups attached to an aromatic ring is 1. The molecule has 0 aliphatic heterocycles. The second kappa shape index (κ2) is 5.79. The van der Waals surface area contributed by atoms with Gasteiger partial charge in [-0.3, -0.25) is 5.43 Å². The third-order valence-electron chi connectivity index (χ3n) is 2.53. The van der Waals surface area contributed by atoms with Crippen LogP contribution < -0.4 is 16.6 Å². The first kappa shape index (κ1) is 13.7. The Balaban J connectivity index is 2.68. The maximum atomic E-state index is 10.0. The molecule has 96 valence electrons. The van der Waals surface area contributed by atoms with Crippen LogP contribution in [0.5, 0.6) is 0 Å². The van der Waals surface area contributed by atoms with Gasteiger partial charge in [-0.1, -0.05) is 13.3 Å². The van der Waals surface area contributed by atoms with Crippen molar-refractivity contribution >= 4 is 11.8 Å². The highest BCUT2D eigenvalue weighted by molar-refractivity contribution is 5.46. The van der Waals surface area contributed by atoms with Crippen molar-refractivity contribution in [3.8, 4) is 0 Å². The molecule has 1 aromatic rings. The first-order valence-electron chi connectivity index (χ1n) is 5.75. The average molecular weight is 239 g/mol. The van der Waals surface area contributed by atoms with Crippen LogP contribution in [-0.2, 0) is 0 Å². The monoisotopic (exact) mass is 239 g/mol. The summed E-state index contributed by atoms with van der Waals surface area (Å²) < 4.78 is 0. The quantitative estimate of drug-likeness (QED) is 0.437. The molecule has 0 saturated carbocycles.